The van der Waals surface area contributed by atoms with Crippen molar-refractivity contribution in [2.45, 2.75) is 77.3 Å². The predicted molar refractivity (Wildman–Crippen MR) is 146 cm³/mol. The monoisotopic (exact) mass is 477 g/mol. The van der Waals surface area contributed by atoms with Crippen LogP contribution >= 0.6 is 19.6 Å². The molecule has 0 aliphatic carbocycles. The van der Waals surface area contributed by atoms with E-state index in [1.807, 2.05) is 0 Å². The van der Waals surface area contributed by atoms with E-state index in [9.17, 15) is 0 Å². The highest BCUT2D eigenvalue weighted by molar-refractivity contribution is 7.81. The fraction of sp³-hybridized carbons (Fsp3) is 0.720. The second-order valence-electron chi connectivity index (χ2n) is 10.4. The zero-order chi connectivity index (χ0) is 23.2. The Hall–Kier alpha value is -0.940. The lowest BCUT2D eigenvalue weighted by atomic mass is 10.2. The minimum absolute atomic E-state index is 0.0406. The fourth-order valence-corrected chi connectivity index (χ4v) is 10.2. The number of anilines is 2. The molecule has 0 atom stereocenters. The molecule has 3 rings (SSSR count). The van der Waals surface area contributed by atoms with Crippen LogP contribution in [0.5, 0.6) is 0 Å². The van der Waals surface area contributed by atoms with Crippen molar-refractivity contribution < 1.29 is 0 Å². The third kappa shape index (κ3) is 6.14. The van der Waals surface area contributed by atoms with Crippen LogP contribution in [0, 0.1) is 0 Å². The van der Waals surface area contributed by atoms with Crippen molar-refractivity contribution >= 4 is 36.1 Å². The third-order valence-electron chi connectivity index (χ3n) is 6.70. The lowest BCUT2D eigenvalue weighted by molar-refractivity contribution is 0.368. The van der Waals surface area contributed by atoms with Gasteiger partial charge in [0, 0.05) is 56.8 Å². The summed E-state index contributed by atoms with van der Waals surface area (Å²) in [7, 11) is 2.10. The Morgan fingerprint density at radius 1 is 0.906 bits per heavy atom. The van der Waals surface area contributed by atoms with Crippen molar-refractivity contribution in [3.63, 3.8) is 0 Å². The summed E-state index contributed by atoms with van der Waals surface area (Å²) in [6, 6.07) is 8.43. The van der Waals surface area contributed by atoms with E-state index < -0.39 is 7.36 Å². The van der Waals surface area contributed by atoms with Crippen LogP contribution in [0.3, 0.4) is 0 Å². The Kier molecular flexibility index (Phi) is 9.20. The summed E-state index contributed by atoms with van der Waals surface area (Å²) < 4.78 is 11.1. The first-order valence-corrected chi connectivity index (χ1v) is 14.5. The van der Waals surface area contributed by atoms with Gasteiger partial charge in [0.2, 0.25) is 0 Å². The van der Waals surface area contributed by atoms with Crippen LogP contribution in [-0.4, -0.2) is 59.9 Å². The van der Waals surface area contributed by atoms with Crippen LogP contribution in [0.15, 0.2) is 29.0 Å². The van der Waals surface area contributed by atoms with Crippen molar-refractivity contribution in [2.24, 2.45) is 4.74 Å². The second kappa shape index (κ2) is 11.5. The highest BCUT2D eigenvalue weighted by atomic mass is 32.1. The molecule has 32 heavy (non-hydrogen) atoms. The van der Waals surface area contributed by atoms with Crippen molar-refractivity contribution in [1.29, 1.82) is 0 Å². The molecule has 2 heterocycles. The molecule has 0 aromatic heterocycles. The summed E-state index contributed by atoms with van der Waals surface area (Å²) in [5, 5.41) is 4.16. The first kappa shape index (κ1) is 25.7. The van der Waals surface area contributed by atoms with Gasteiger partial charge in [0.1, 0.15) is 7.36 Å². The maximum atomic E-state index is 5.95. The van der Waals surface area contributed by atoms with E-state index in [1.54, 1.807) is 0 Å². The predicted octanol–water partition coefficient (Wildman–Crippen LogP) is 7.03. The number of hydrogen-bond donors (Lipinski definition) is 1. The molecule has 0 radical (unpaired) electrons. The summed E-state index contributed by atoms with van der Waals surface area (Å²) in [4.78, 5) is 2.12. The van der Waals surface area contributed by atoms with E-state index in [1.165, 1.54) is 51.4 Å². The van der Waals surface area contributed by atoms with Crippen LogP contribution in [0.4, 0.5) is 11.4 Å². The number of nitrogens with zero attached hydrogens (tertiary/aromatic N) is 4. The van der Waals surface area contributed by atoms with E-state index in [2.05, 4.69) is 78.7 Å². The fourth-order valence-electron chi connectivity index (χ4n) is 5.11. The molecule has 1 aromatic rings. The van der Waals surface area contributed by atoms with Gasteiger partial charge in [-0.25, -0.2) is 4.74 Å². The van der Waals surface area contributed by atoms with Gasteiger partial charge in [-0.1, -0.05) is 52.5 Å². The average molecular weight is 478 g/mol. The normalized spacial score (nSPS) is 19.7. The second-order valence-corrected chi connectivity index (χ2v) is 14.6. The molecule has 1 N–H and O–H groups in total. The van der Waals surface area contributed by atoms with E-state index in [-0.39, 0.29) is 5.16 Å². The topological polar surface area (TPSA) is 34.1 Å². The molecule has 0 amide bonds. The first-order valence-electron chi connectivity index (χ1n) is 12.5. The van der Waals surface area contributed by atoms with Gasteiger partial charge in [0.25, 0.3) is 0 Å². The Balaban J connectivity index is 2.03. The van der Waals surface area contributed by atoms with E-state index in [0.717, 1.165) is 37.6 Å². The summed E-state index contributed by atoms with van der Waals surface area (Å²) >= 11 is 5.95. The number of benzene rings is 1. The van der Waals surface area contributed by atoms with Crippen molar-refractivity contribution in [3.05, 3.63) is 24.3 Å². The summed E-state index contributed by atoms with van der Waals surface area (Å²) in [6.07, 6.45) is 10.4. The highest BCUT2D eigenvalue weighted by Gasteiger charge is 2.44. The number of nitrogens with one attached hydrogen (secondary N) is 1. The van der Waals surface area contributed by atoms with Gasteiger partial charge in [-0.2, -0.15) is 0 Å². The Labute approximate surface area is 202 Å². The number of hydrogen-bond acceptors (Lipinski definition) is 2. The first-order chi connectivity index (χ1) is 15.2. The van der Waals surface area contributed by atoms with E-state index in [0.29, 0.717) is 5.11 Å². The smallest absolute Gasteiger partial charge is 0.198 e. The lowest BCUT2D eigenvalue weighted by Gasteiger charge is -2.50. The molecule has 1 aromatic carbocycles. The van der Waals surface area contributed by atoms with Crippen molar-refractivity contribution in [1.82, 2.24) is 9.34 Å². The quantitative estimate of drug-likeness (QED) is 0.372. The zero-order valence-electron chi connectivity index (χ0n) is 20.9. The van der Waals surface area contributed by atoms with Gasteiger partial charge in [-0.05, 0) is 56.1 Å². The van der Waals surface area contributed by atoms with Gasteiger partial charge in [0.05, 0.1) is 0 Å². The molecule has 0 saturated carbocycles. The molecule has 0 unspecified atom stereocenters. The highest BCUT2D eigenvalue weighted by Crippen LogP contribution is 2.66. The lowest BCUT2D eigenvalue weighted by Crippen LogP contribution is -2.42. The van der Waals surface area contributed by atoms with Crippen molar-refractivity contribution in [3.8, 4) is 0 Å². The molecule has 2 aliphatic heterocycles. The summed E-state index contributed by atoms with van der Waals surface area (Å²) in [5.41, 5.74) is 2.18. The van der Waals surface area contributed by atoms with Crippen LogP contribution in [0.1, 0.15) is 72.1 Å². The van der Waals surface area contributed by atoms with Gasteiger partial charge in [0.15, 0.2) is 5.11 Å². The molecule has 7 heteroatoms. The Morgan fingerprint density at radius 2 is 1.41 bits per heavy atom. The molecule has 2 aliphatic rings. The average Bonchev–Trinajstić information content (AvgIpc) is 3.17. The summed E-state index contributed by atoms with van der Waals surface area (Å²) in [6.45, 7) is 11.8. The standard InChI is InChI=1S/C25H44N5PS/c1-25(2,3)31(29-17-10-6-7-11-18-29,30-19-12-8-9-13-20-30)27-24(32)26-22-15-14-16-23(21-22)28(4)5/h14-16,21H,6-13,17-20H2,1-5H3,(H,26,32). The molecular formula is C25H44N5PS. The summed E-state index contributed by atoms with van der Waals surface area (Å²) in [5.74, 6) is 0. The maximum Gasteiger partial charge on any atom is 0.198 e. The van der Waals surface area contributed by atoms with Crippen molar-refractivity contribution in [2.75, 3.05) is 50.5 Å². The SMILES string of the molecule is CN(C)c1cccc(NC(=S)N=P(N2CCCCCC2)(N2CCCCCC2)C(C)(C)C)c1. The van der Waals surface area contributed by atoms with Gasteiger partial charge in [-0.3, -0.25) is 9.34 Å². The molecule has 2 saturated heterocycles. The van der Waals surface area contributed by atoms with E-state index in [4.69, 9.17) is 17.0 Å². The minimum atomic E-state index is -2.03. The van der Waals surface area contributed by atoms with Crippen LogP contribution in [0.2, 0.25) is 0 Å². The minimum Gasteiger partial charge on any atom is -0.378 e. The molecule has 180 valence electrons. The Morgan fingerprint density at radius 3 is 1.84 bits per heavy atom. The van der Waals surface area contributed by atoms with Gasteiger partial charge < -0.3 is 10.2 Å². The third-order valence-corrected chi connectivity index (χ3v) is 11.7. The largest absolute Gasteiger partial charge is 0.378 e. The van der Waals surface area contributed by atoms with Crippen LogP contribution in [0.25, 0.3) is 0 Å². The maximum absolute atomic E-state index is 5.95. The zero-order valence-corrected chi connectivity index (χ0v) is 22.6. The Bertz CT molecular complexity index is 777. The molecule has 0 spiro atoms. The van der Waals surface area contributed by atoms with Crippen LogP contribution in [-0.2, 0) is 0 Å². The van der Waals surface area contributed by atoms with Crippen LogP contribution < -0.4 is 10.2 Å². The molecule has 0 bridgehead atoms. The van der Waals surface area contributed by atoms with Gasteiger partial charge in [-0.15, -0.1) is 0 Å². The van der Waals surface area contributed by atoms with E-state index >= 15 is 0 Å². The molecule has 5 nitrogen and oxygen atoms in total. The van der Waals surface area contributed by atoms with Gasteiger partial charge >= 0.3 is 0 Å². The number of thiocarbonyl (C=S) groups is 1. The molecular weight excluding hydrogens is 433 g/mol. The molecule has 2 fully saturated rings. The number of rotatable bonds is 4.